The van der Waals surface area contributed by atoms with Crippen LogP contribution >= 0.6 is 23.2 Å². The van der Waals surface area contributed by atoms with Crippen molar-refractivity contribution in [3.63, 3.8) is 0 Å². The van der Waals surface area contributed by atoms with E-state index in [9.17, 15) is 9.59 Å². The monoisotopic (exact) mass is 435 g/mol. The average molecular weight is 436 g/mol. The van der Waals surface area contributed by atoms with E-state index >= 15 is 0 Å². The predicted molar refractivity (Wildman–Crippen MR) is 115 cm³/mol. The molecule has 1 aliphatic heterocycles. The van der Waals surface area contributed by atoms with Gasteiger partial charge in [-0.1, -0.05) is 35.3 Å². The number of nitrogens with zero attached hydrogens (tertiary/aromatic N) is 2. The van der Waals surface area contributed by atoms with Crippen LogP contribution in [-0.2, 0) is 16.1 Å². The molecule has 2 aromatic rings. The number of likely N-dealkylation sites (N-methyl/N-ethyl adjacent to an activating group) is 1. The van der Waals surface area contributed by atoms with Gasteiger partial charge in [0.25, 0.3) is 5.91 Å². The first-order valence-corrected chi connectivity index (χ1v) is 10.1. The summed E-state index contributed by atoms with van der Waals surface area (Å²) in [5, 5.41) is 3.29. The summed E-state index contributed by atoms with van der Waals surface area (Å²) < 4.78 is 5.37. The Kier molecular flexibility index (Phi) is 7.36. The number of hydrogen-bond donors (Lipinski definition) is 1. The molecule has 2 amide bonds. The van der Waals surface area contributed by atoms with Gasteiger partial charge >= 0.3 is 0 Å². The van der Waals surface area contributed by atoms with Crippen molar-refractivity contribution in [1.82, 2.24) is 10.2 Å². The Morgan fingerprint density at radius 2 is 1.79 bits per heavy atom. The maximum atomic E-state index is 12.4. The first-order valence-electron chi connectivity index (χ1n) is 9.33. The minimum absolute atomic E-state index is 0.111. The quantitative estimate of drug-likeness (QED) is 0.756. The van der Waals surface area contributed by atoms with Crippen LogP contribution in [0.1, 0.15) is 15.9 Å². The number of amides is 2. The number of halogens is 2. The fourth-order valence-corrected chi connectivity index (χ4v) is 3.55. The van der Waals surface area contributed by atoms with Crippen LogP contribution in [0.15, 0.2) is 42.5 Å². The van der Waals surface area contributed by atoms with Gasteiger partial charge in [-0.25, -0.2) is 0 Å². The fourth-order valence-electron chi connectivity index (χ4n) is 3.06. The average Bonchev–Trinajstić information content (AvgIpc) is 2.73. The smallest absolute Gasteiger partial charge is 0.253 e. The molecule has 3 rings (SSSR count). The van der Waals surface area contributed by atoms with Crippen LogP contribution < -0.4 is 10.2 Å². The maximum absolute atomic E-state index is 12.4. The van der Waals surface area contributed by atoms with Gasteiger partial charge in [-0.05, 0) is 35.9 Å². The fraction of sp³-hybridized carbons (Fsp3) is 0.333. The number of hydrogen-bond acceptors (Lipinski definition) is 4. The van der Waals surface area contributed by atoms with Gasteiger partial charge in [0, 0.05) is 37.4 Å². The zero-order valence-corrected chi connectivity index (χ0v) is 17.7. The highest BCUT2D eigenvalue weighted by Gasteiger charge is 2.15. The summed E-state index contributed by atoms with van der Waals surface area (Å²) >= 11 is 11.9. The van der Waals surface area contributed by atoms with Crippen molar-refractivity contribution in [2.75, 3.05) is 44.8 Å². The minimum atomic E-state index is -0.414. The minimum Gasteiger partial charge on any atom is -0.378 e. The van der Waals surface area contributed by atoms with Crippen molar-refractivity contribution < 1.29 is 14.3 Å². The Morgan fingerprint density at radius 1 is 1.10 bits per heavy atom. The molecule has 8 heteroatoms. The van der Waals surface area contributed by atoms with Crippen molar-refractivity contribution in [2.45, 2.75) is 6.54 Å². The lowest BCUT2D eigenvalue weighted by Gasteiger charge is -2.29. The van der Waals surface area contributed by atoms with Crippen molar-refractivity contribution in [3.05, 3.63) is 63.6 Å². The van der Waals surface area contributed by atoms with Gasteiger partial charge in [-0.15, -0.1) is 0 Å². The van der Waals surface area contributed by atoms with Crippen molar-refractivity contribution in [1.29, 1.82) is 0 Å². The Hall–Kier alpha value is -2.28. The second-order valence-corrected chi connectivity index (χ2v) is 7.67. The highest BCUT2D eigenvalue weighted by molar-refractivity contribution is 6.36. The third-order valence-corrected chi connectivity index (χ3v) is 5.28. The van der Waals surface area contributed by atoms with Crippen molar-refractivity contribution >= 4 is 40.7 Å². The Morgan fingerprint density at radius 3 is 2.45 bits per heavy atom. The molecule has 0 saturated carbocycles. The molecule has 2 aromatic carbocycles. The van der Waals surface area contributed by atoms with Crippen LogP contribution in [0.4, 0.5) is 5.69 Å². The van der Waals surface area contributed by atoms with Crippen LogP contribution in [0.5, 0.6) is 0 Å². The van der Waals surface area contributed by atoms with E-state index in [1.165, 1.54) is 12.1 Å². The molecule has 0 radical (unpaired) electrons. The van der Waals surface area contributed by atoms with Gasteiger partial charge in [0.2, 0.25) is 5.91 Å². The molecular weight excluding hydrogens is 413 g/mol. The van der Waals surface area contributed by atoms with Gasteiger partial charge in [-0.2, -0.15) is 0 Å². The van der Waals surface area contributed by atoms with E-state index in [2.05, 4.69) is 22.3 Å². The molecule has 154 valence electrons. The van der Waals surface area contributed by atoms with E-state index in [1.807, 2.05) is 12.1 Å². The van der Waals surface area contributed by atoms with E-state index in [1.54, 1.807) is 18.0 Å². The highest BCUT2D eigenvalue weighted by Crippen LogP contribution is 2.21. The first-order chi connectivity index (χ1) is 13.9. The lowest BCUT2D eigenvalue weighted by molar-refractivity contribution is -0.129. The van der Waals surface area contributed by atoms with Crippen LogP contribution in [0.25, 0.3) is 0 Å². The van der Waals surface area contributed by atoms with Crippen molar-refractivity contribution in [2.24, 2.45) is 0 Å². The number of morpholine rings is 1. The van der Waals surface area contributed by atoms with Crippen molar-refractivity contribution in [3.8, 4) is 0 Å². The van der Waals surface area contributed by atoms with Crippen LogP contribution in [0.3, 0.4) is 0 Å². The first kappa shape index (κ1) is 21.4. The molecule has 0 aliphatic carbocycles. The lowest BCUT2D eigenvalue weighted by atomic mass is 10.1. The number of nitrogens with one attached hydrogen (secondary N) is 1. The second-order valence-electron chi connectivity index (χ2n) is 6.82. The molecule has 1 aliphatic rings. The van der Waals surface area contributed by atoms with Crippen LogP contribution in [0.2, 0.25) is 10.0 Å². The molecule has 29 heavy (non-hydrogen) atoms. The molecule has 0 atom stereocenters. The molecule has 1 saturated heterocycles. The van der Waals surface area contributed by atoms with E-state index in [0.717, 1.165) is 37.6 Å². The number of rotatable bonds is 6. The number of anilines is 1. The summed E-state index contributed by atoms with van der Waals surface area (Å²) in [6.45, 7) is 3.60. The largest absolute Gasteiger partial charge is 0.378 e. The molecule has 1 heterocycles. The molecule has 0 aromatic heterocycles. The zero-order chi connectivity index (χ0) is 20.8. The molecule has 1 N–H and O–H groups in total. The standard InChI is InChI=1S/C21H23Cl2N3O3/c1-25(14-15-2-5-17(6-3-15)26-8-10-29-11-9-26)20(27)13-24-21(28)18-7-4-16(22)12-19(18)23/h2-7,12H,8-11,13-14H2,1H3,(H,24,28). The Bertz CT molecular complexity index is 868. The summed E-state index contributed by atoms with van der Waals surface area (Å²) in [6, 6.07) is 12.8. The number of ether oxygens (including phenoxy) is 1. The van der Waals surface area contributed by atoms with Gasteiger partial charge in [0.15, 0.2) is 0 Å². The maximum Gasteiger partial charge on any atom is 0.253 e. The van der Waals surface area contributed by atoms with Crippen LogP contribution in [-0.4, -0.2) is 56.6 Å². The van der Waals surface area contributed by atoms with E-state index in [-0.39, 0.29) is 23.0 Å². The molecule has 6 nitrogen and oxygen atoms in total. The highest BCUT2D eigenvalue weighted by atomic mass is 35.5. The van der Waals surface area contributed by atoms with Gasteiger partial charge < -0.3 is 19.9 Å². The third kappa shape index (κ3) is 5.85. The summed E-state index contributed by atoms with van der Waals surface area (Å²) in [4.78, 5) is 28.5. The molecular formula is C21H23Cl2N3O3. The number of benzene rings is 2. The zero-order valence-electron chi connectivity index (χ0n) is 16.2. The van der Waals surface area contributed by atoms with Gasteiger partial charge in [-0.3, -0.25) is 9.59 Å². The second kappa shape index (κ2) is 9.96. The number of carbonyl (C=O) groups is 2. The predicted octanol–water partition coefficient (Wildman–Crippen LogP) is 3.22. The topological polar surface area (TPSA) is 61.9 Å². The van der Waals surface area contributed by atoms with Gasteiger partial charge in [0.05, 0.1) is 30.3 Å². The Labute approximate surface area is 180 Å². The van der Waals surface area contributed by atoms with E-state index in [0.29, 0.717) is 11.6 Å². The Balaban J connectivity index is 1.50. The third-order valence-electron chi connectivity index (χ3n) is 4.73. The van der Waals surface area contributed by atoms with Crippen LogP contribution in [0, 0.1) is 0 Å². The normalized spacial score (nSPS) is 13.8. The lowest BCUT2D eigenvalue weighted by Crippen LogP contribution is -2.38. The van der Waals surface area contributed by atoms with E-state index in [4.69, 9.17) is 27.9 Å². The summed E-state index contributed by atoms with van der Waals surface area (Å²) in [5.74, 6) is -0.607. The molecule has 0 spiro atoms. The summed E-state index contributed by atoms with van der Waals surface area (Å²) in [6.07, 6.45) is 0. The summed E-state index contributed by atoms with van der Waals surface area (Å²) in [5.41, 5.74) is 2.45. The SMILES string of the molecule is CN(Cc1ccc(N2CCOCC2)cc1)C(=O)CNC(=O)c1ccc(Cl)cc1Cl. The molecule has 1 fully saturated rings. The van der Waals surface area contributed by atoms with Gasteiger partial charge in [0.1, 0.15) is 0 Å². The summed E-state index contributed by atoms with van der Waals surface area (Å²) in [7, 11) is 1.71. The van der Waals surface area contributed by atoms with E-state index < -0.39 is 5.91 Å². The number of carbonyl (C=O) groups excluding carboxylic acids is 2. The molecule has 0 bridgehead atoms. The molecule has 0 unspecified atom stereocenters.